The number of hydrogen-bond acceptors (Lipinski definition) is 3. The molecule has 0 saturated heterocycles. The van der Waals surface area contributed by atoms with Gasteiger partial charge in [0.05, 0.1) is 10.7 Å². The number of nitrogens with two attached hydrogens (primary N) is 1. The van der Waals surface area contributed by atoms with Crippen LogP contribution in [0.15, 0.2) is 6.07 Å². The van der Waals surface area contributed by atoms with E-state index < -0.39 is 0 Å². The van der Waals surface area contributed by atoms with E-state index in [0.717, 1.165) is 0 Å². The Hall–Kier alpha value is -1.18. The quantitative estimate of drug-likeness (QED) is 0.818. The zero-order valence-electron chi connectivity index (χ0n) is 8.12. The van der Waals surface area contributed by atoms with E-state index >= 15 is 0 Å². The molecule has 0 aromatic carbocycles. The molecular formula is C9H12ClN3O. The molecule has 0 aliphatic rings. The van der Waals surface area contributed by atoms with Crippen molar-refractivity contribution in [2.75, 3.05) is 6.61 Å². The van der Waals surface area contributed by atoms with Gasteiger partial charge in [0, 0.05) is 6.04 Å². The van der Waals surface area contributed by atoms with Gasteiger partial charge in [0.15, 0.2) is 5.69 Å². The SMILES string of the molecule is Cc1c(Cl)cc(C#N)n1OC[C@@H](C)N. The fourth-order valence-corrected chi connectivity index (χ4v) is 1.18. The molecule has 0 radical (unpaired) electrons. The highest BCUT2D eigenvalue weighted by Crippen LogP contribution is 2.18. The molecule has 1 aromatic rings. The average molecular weight is 214 g/mol. The molecule has 0 aliphatic heterocycles. The molecule has 0 fully saturated rings. The van der Waals surface area contributed by atoms with Crippen LogP contribution in [0, 0.1) is 18.3 Å². The van der Waals surface area contributed by atoms with E-state index in [-0.39, 0.29) is 6.04 Å². The van der Waals surface area contributed by atoms with Gasteiger partial charge in [-0.15, -0.1) is 0 Å². The second-order valence-corrected chi connectivity index (χ2v) is 3.55. The van der Waals surface area contributed by atoms with Gasteiger partial charge in [0.1, 0.15) is 12.7 Å². The number of nitrogens with zero attached hydrogens (tertiary/aromatic N) is 2. The Labute approximate surface area is 87.8 Å². The molecule has 1 atom stereocenters. The predicted octanol–water partition coefficient (Wildman–Crippen LogP) is 1.10. The predicted molar refractivity (Wildman–Crippen MR) is 54.0 cm³/mol. The third-order valence-electron chi connectivity index (χ3n) is 1.71. The maximum absolute atomic E-state index is 8.78. The first-order valence-corrected chi connectivity index (χ1v) is 4.61. The average Bonchev–Trinajstić information content (AvgIpc) is 2.40. The van der Waals surface area contributed by atoms with Crippen LogP contribution >= 0.6 is 11.6 Å². The van der Waals surface area contributed by atoms with E-state index in [2.05, 4.69) is 0 Å². The molecule has 0 saturated carbocycles. The minimum absolute atomic E-state index is 0.0814. The van der Waals surface area contributed by atoms with Crippen molar-refractivity contribution in [1.82, 2.24) is 4.73 Å². The Kier molecular flexibility index (Phi) is 3.39. The van der Waals surface area contributed by atoms with Crippen LogP contribution in [0.4, 0.5) is 0 Å². The molecule has 1 rings (SSSR count). The van der Waals surface area contributed by atoms with Gasteiger partial charge in [-0.1, -0.05) is 11.6 Å². The van der Waals surface area contributed by atoms with Crippen LogP contribution in [0.5, 0.6) is 0 Å². The molecule has 0 bridgehead atoms. The summed E-state index contributed by atoms with van der Waals surface area (Å²) in [7, 11) is 0. The minimum atomic E-state index is -0.0814. The van der Waals surface area contributed by atoms with E-state index in [0.29, 0.717) is 23.0 Å². The number of nitriles is 1. The van der Waals surface area contributed by atoms with Crippen molar-refractivity contribution in [3.05, 3.63) is 22.5 Å². The fraction of sp³-hybridized carbons (Fsp3) is 0.444. The van der Waals surface area contributed by atoms with Crippen LogP contribution in [0.3, 0.4) is 0 Å². The molecular weight excluding hydrogens is 202 g/mol. The Bertz CT molecular complexity index is 365. The molecule has 0 unspecified atom stereocenters. The summed E-state index contributed by atoms with van der Waals surface area (Å²) in [6, 6.07) is 3.48. The standard InChI is InChI=1S/C9H12ClN3O/c1-6(12)5-14-13-7(2)9(10)3-8(13)4-11/h3,6H,5,12H2,1-2H3/t6-/m1/s1. The van der Waals surface area contributed by atoms with E-state index in [1.54, 1.807) is 13.0 Å². The van der Waals surface area contributed by atoms with E-state index in [9.17, 15) is 0 Å². The third-order valence-corrected chi connectivity index (χ3v) is 2.10. The lowest BCUT2D eigenvalue weighted by Crippen LogP contribution is -2.29. The van der Waals surface area contributed by atoms with Crippen LogP contribution in [-0.4, -0.2) is 17.4 Å². The monoisotopic (exact) mass is 213 g/mol. The molecule has 14 heavy (non-hydrogen) atoms. The zero-order chi connectivity index (χ0) is 10.7. The minimum Gasteiger partial charge on any atom is -0.411 e. The topological polar surface area (TPSA) is 64.0 Å². The molecule has 1 aromatic heterocycles. The number of rotatable bonds is 3. The summed E-state index contributed by atoms with van der Waals surface area (Å²) in [5.41, 5.74) is 6.63. The lowest BCUT2D eigenvalue weighted by Gasteiger charge is -2.11. The summed E-state index contributed by atoms with van der Waals surface area (Å²) in [5, 5.41) is 9.30. The van der Waals surface area contributed by atoms with Gasteiger partial charge < -0.3 is 10.6 Å². The highest BCUT2D eigenvalue weighted by molar-refractivity contribution is 6.31. The van der Waals surface area contributed by atoms with Gasteiger partial charge in [0.2, 0.25) is 0 Å². The van der Waals surface area contributed by atoms with Crippen molar-refractivity contribution < 1.29 is 4.84 Å². The van der Waals surface area contributed by atoms with E-state index in [4.69, 9.17) is 27.4 Å². The van der Waals surface area contributed by atoms with Crippen LogP contribution in [0.25, 0.3) is 0 Å². The van der Waals surface area contributed by atoms with Gasteiger partial charge in [-0.25, -0.2) is 0 Å². The van der Waals surface area contributed by atoms with Crippen LogP contribution in [0.1, 0.15) is 18.3 Å². The normalized spacial score (nSPS) is 12.2. The van der Waals surface area contributed by atoms with Crippen molar-refractivity contribution in [2.45, 2.75) is 19.9 Å². The maximum Gasteiger partial charge on any atom is 0.158 e. The van der Waals surface area contributed by atoms with Crippen LogP contribution in [-0.2, 0) is 0 Å². The first-order valence-electron chi connectivity index (χ1n) is 4.23. The Morgan fingerprint density at radius 3 is 2.93 bits per heavy atom. The highest BCUT2D eigenvalue weighted by Gasteiger charge is 2.11. The molecule has 1 heterocycles. The maximum atomic E-state index is 8.78. The second-order valence-electron chi connectivity index (χ2n) is 3.14. The number of aromatic nitrogens is 1. The van der Waals surface area contributed by atoms with Crippen LogP contribution in [0.2, 0.25) is 5.02 Å². The van der Waals surface area contributed by atoms with Gasteiger partial charge in [-0.2, -0.15) is 9.99 Å². The first-order chi connectivity index (χ1) is 6.56. The van der Waals surface area contributed by atoms with Crippen LogP contribution < -0.4 is 10.6 Å². The number of hydrogen-bond donors (Lipinski definition) is 1. The smallest absolute Gasteiger partial charge is 0.158 e. The Morgan fingerprint density at radius 1 is 1.79 bits per heavy atom. The third kappa shape index (κ3) is 2.19. The second kappa shape index (κ2) is 4.36. The molecule has 0 amide bonds. The summed E-state index contributed by atoms with van der Waals surface area (Å²) in [6.07, 6.45) is 0. The highest BCUT2D eigenvalue weighted by atomic mass is 35.5. The molecule has 2 N–H and O–H groups in total. The molecule has 4 nitrogen and oxygen atoms in total. The fourth-order valence-electron chi connectivity index (χ4n) is 0.997. The van der Waals surface area contributed by atoms with Gasteiger partial charge in [0.25, 0.3) is 0 Å². The van der Waals surface area contributed by atoms with E-state index in [1.165, 1.54) is 4.73 Å². The summed E-state index contributed by atoms with van der Waals surface area (Å²) in [5.74, 6) is 0. The van der Waals surface area contributed by atoms with Crippen molar-refractivity contribution in [3.8, 4) is 6.07 Å². The van der Waals surface area contributed by atoms with Crippen molar-refractivity contribution >= 4 is 11.6 Å². The Morgan fingerprint density at radius 2 is 2.43 bits per heavy atom. The summed E-state index contributed by atoms with van der Waals surface area (Å²) < 4.78 is 1.41. The first kappa shape index (κ1) is 10.9. The zero-order valence-corrected chi connectivity index (χ0v) is 8.88. The summed E-state index contributed by atoms with van der Waals surface area (Å²) in [6.45, 7) is 3.96. The van der Waals surface area contributed by atoms with Crippen molar-refractivity contribution in [2.24, 2.45) is 5.73 Å². The molecule has 0 aliphatic carbocycles. The largest absolute Gasteiger partial charge is 0.411 e. The van der Waals surface area contributed by atoms with Crippen molar-refractivity contribution in [1.29, 1.82) is 5.26 Å². The molecule has 5 heteroatoms. The summed E-state index contributed by atoms with van der Waals surface area (Å²) in [4.78, 5) is 5.33. The Balaban J connectivity index is 2.90. The lowest BCUT2D eigenvalue weighted by molar-refractivity contribution is 0.0965. The van der Waals surface area contributed by atoms with E-state index in [1.807, 2.05) is 13.0 Å². The molecule has 0 spiro atoms. The summed E-state index contributed by atoms with van der Waals surface area (Å²) >= 11 is 5.85. The van der Waals surface area contributed by atoms with Gasteiger partial charge in [-0.3, -0.25) is 0 Å². The van der Waals surface area contributed by atoms with Gasteiger partial charge in [-0.05, 0) is 19.9 Å². The number of halogens is 1. The molecule has 76 valence electrons. The van der Waals surface area contributed by atoms with Gasteiger partial charge >= 0.3 is 0 Å². The lowest BCUT2D eigenvalue weighted by atomic mass is 10.4. The van der Waals surface area contributed by atoms with Crippen molar-refractivity contribution in [3.63, 3.8) is 0 Å².